The van der Waals surface area contributed by atoms with Gasteiger partial charge >= 0.3 is 8.56 Å². The van der Waals surface area contributed by atoms with Gasteiger partial charge in [-0.3, -0.25) is 0 Å². The maximum absolute atomic E-state index is 11.2. The molecule has 136 valence electrons. The van der Waals surface area contributed by atoms with E-state index in [-0.39, 0.29) is 0 Å². The number of hydrogen-bond acceptors (Lipinski definition) is 2. The van der Waals surface area contributed by atoms with Crippen LogP contribution in [0.1, 0.15) is 63.5 Å². The van der Waals surface area contributed by atoms with Crippen molar-refractivity contribution >= 4 is 18.9 Å². The van der Waals surface area contributed by atoms with Gasteiger partial charge in [0.05, 0.1) is 0 Å². The van der Waals surface area contributed by atoms with Gasteiger partial charge in [0, 0.05) is 10.4 Å². The minimum Gasteiger partial charge on any atom is -0.404 e. The van der Waals surface area contributed by atoms with Gasteiger partial charge in [-0.25, -0.2) is 0 Å². The Morgan fingerprint density at radius 2 is 1.04 bits per heavy atom. The fourth-order valence-corrected chi connectivity index (χ4v) is 5.69. The summed E-state index contributed by atoms with van der Waals surface area (Å²) >= 11 is 0. The van der Waals surface area contributed by atoms with Crippen molar-refractivity contribution in [2.75, 3.05) is 0 Å². The number of benzene rings is 2. The molecule has 25 heavy (non-hydrogen) atoms. The standard InChI is InChI=1S/C22H32O2Si/c1-3-5-7-13-19-15-9-11-17-21(19)25(23,24)22-18-12-10-16-20(22)14-8-6-4-2/h9-12,15-18,23-24H,3-8,13-14H2,1-2H3. The monoisotopic (exact) mass is 356 g/mol. The first kappa shape index (κ1) is 19.9. The Labute approximate surface area is 153 Å². The van der Waals surface area contributed by atoms with E-state index in [2.05, 4.69) is 26.0 Å². The van der Waals surface area contributed by atoms with Crippen molar-refractivity contribution in [3.63, 3.8) is 0 Å². The van der Waals surface area contributed by atoms with Crippen LogP contribution in [-0.4, -0.2) is 18.2 Å². The maximum Gasteiger partial charge on any atom is 0.402 e. The Balaban J connectivity index is 2.32. The molecule has 3 heteroatoms. The fourth-order valence-electron chi connectivity index (χ4n) is 3.43. The normalized spacial score (nSPS) is 11.7. The van der Waals surface area contributed by atoms with Crippen molar-refractivity contribution in [1.82, 2.24) is 0 Å². The lowest BCUT2D eigenvalue weighted by molar-refractivity contribution is 0.400. The molecule has 2 aromatic carbocycles. The SMILES string of the molecule is CCCCCc1ccccc1[Si](O)(O)c1ccccc1CCCCC. The number of unbranched alkanes of at least 4 members (excludes halogenated alkanes) is 4. The highest BCUT2D eigenvalue weighted by Crippen LogP contribution is 2.12. The van der Waals surface area contributed by atoms with E-state index < -0.39 is 8.56 Å². The summed E-state index contributed by atoms with van der Waals surface area (Å²) < 4.78 is 0. The zero-order chi connectivity index (χ0) is 18.1. The van der Waals surface area contributed by atoms with Crippen LogP contribution < -0.4 is 10.4 Å². The van der Waals surface area contributed by atoms with Crippen molar-refractivity contribution < 1.29 is 9.59 Å². The summed E-state index contributed by atoms with van der Waals surface area (Å²) in [7, 11) is -3.67. The lowest BCUT2D eigenvalue weighted by Gasteiger charge is -2.24. The number of aryl methyl sites for hydroxylation is 2. The average Bonchev–Trinajstić information content (AvgIpc) is 2.63. The van der Waals surface area contributed by atoms with Crippen LogP contribution in [0, 0.1) is 0 Å². The summed E-state index contributed by atoms with van der Waals surface area (Å²) in [6.45, 7) is 4.38. The molecule has 0 saturated heterocycles. The van der Waals surface area contributed by atoms with Gasteiger partial charge in [-0.05, 0) is 36.8 Å². The zero-order valence-electron chi connectivity index (χ0n) is 15.7. The van der Waals surface area contributed by atoms with Gasteiger partial charge in [0.1, 0.15) is 0 Å². The van der Waals surface area contributed by atoms with Crippen molar-refractivity contribution in [2.24, 2.45) is 0 Å². The summed E-state index contributed by atoms with van der Waals surface area (Å²) in [5, 5.41) is 1.52. The molecule has 0 saturated carbocycles. The van der Waals surface area contributed by atoms with Crippen molar-refractivity contribution in [1.29, 1.82) is 0 Å². The molecule has 0 amide bonds. The maximum atomic E-state index is 11.2. The summed E-state index contributed by atoms with van der Waals surface area (Å²) in [4.78, 5) is 22.5. The first-order valence-corrected chi connectivity index (χ1v) is 11.6. The minimum absolute atomic E-state index is 0.758. The van der Waals surface area contributed by atoms with E-state index in [1.54, 1.807) is 0 Å². The van der Waals surface area contributed by atoms with Crippen LogP contribution in [0.2, 0.25) is 0 Å². The van der Waals surface area contributed by atoms with Gasteiger partial charge in [-0.15, -0.1) is 0 Å². The van der Waals surface area contributed by atoms with Crippen molar-refractivity contribution in [3.05, 3.63) is 59.7 Å². The summed E-state index contributed by atoms with van der Waals surface area (Å²) in [5.74, 6) is 0. The fraction of sp³-hybridized carbons (Fsp3) is 0.455. The third-order valence-electron chi connectivity index (χ3n) is 4.89. The third-order valence-corrected chi connectivity index (χ3v) is 7.36. The highest BCUT2D eigenvalue weighted by molar-refractivity contribution is 6.91. The summed E-state index contributed by atoms with van der Waals surface area (Å²) in [6.07, 6.45) is 8.70. The Morgan fingerprint density at radius 3 is 1.44 bits per heavy atom. The van der Waals surface area contributed by atoms with Crippen LogP contribution in [0.15, 0.2) is 48.5 Å². The van der Waals surface area contributed by atoms with Gasteiger partial charge in [-0.2, -0.15) is 0 Å². The molecular weight excluding hydrogens is 324 g/mol. The van der Waals surface area contributed by atoms with E-state index in [0.29, 0.717) is 0 Å². The van der Waals surface area contributed by atoms with Crippen LogP contribution in [0.4, 0.5) is 0 Å². The van der Waals surface area contributed by atoms with Crippen LogP contribution >= 0.6 is 0 Å². The predicted octanol–water partition coefficient (Wildman–Crippen LogP) is 3.69. The highest BCUT2D eigenvalue weighted by atomic mass is 28.4. The first-order chi connectivity index (χ1) is 12.1. The second-order valence-electron chi connectivity index (χ2n) is 6.90. The average molecular weight is 357 g/mol. The predicted molar refractivity (Wildman–Crippen MR) is 109 cm³/mol. The molecule has 2 N–H and O–H groups in total. The van der Waals surface area contributed by atoms with E-state index >= 15 is 0 Å². The Hall–Kier alpha value is -1.42. The molecule has 2 rings (SSSR count). The second-order valence-corrected chi connectivity index (χ2v) is 9.32. The Kier molecular flexibility index (Phi) is 7.88. The van der Waals surface area contributed by atoms with Crippen LogP contribution in [0.25, 0.3) is 0 Å². The summed E-state index contributed by atoms with van der Waals surface area (Å²) in [6, 6.07) is 15.8. The molecule has 0 unspecified atom stereocenters. The Morgan fingerprint density at radius 1 is 0.640 bits per heavy atom. The third kappa shape index (κ3) is 5.27. The van der Waals surface area contributed by atoms with Gasteiger partial charge in [0.2, 0.25) is 0 Å². The molecule has 0 spiro atoms. The van der Waals surface area contributed by atoms with Gasteiger partial charge < -0.3 is 9.59 Å². The number of rotatable bonds is 10. The molecule has 0 radical (unpaired) electrons. The molecule has 2 nitrogen and oxygen atoms in total. The molecule has 0 atom stereocenters. The van der Waals surface area contributed by atoms with E-state index in [9.17, 15) is 9.59 Å². The highest BCUT2D eigenvalue weighted by Gasteiger charge is 2.38. The van der Waals surface area contributed by atoms with Gasteiger partial charge in [0.25, 0.3) is 0 Å². The molecule has 0 aliphatic heterocycles. The van der Waals surface area contributed by atoms with Crippen LogP contribution in [0.3, 0.4) is 0 Å². The molecule has 0 bridgehead atoms. The van der Waals surface area contributed by atoms with Crippen molar-refractivity contribution in [3.8, 4) is 0 Å². The molecule has 0 aromatic heterocycles. The van der Waals surface area contributed by atoms with Gasteiger partial charge in [-0.1, -0.05) is 88.1 Å². The molecule has 0 aliphatic carbocycles. The molecule has 0 aliphatic rings. The van der Waals surface area contributed by atoms with E-state index in [0.717, 1.165) is 47.2 Å². The second kappa shape index (κ2) is 9.90. The smallest absolute Gasteiger partial charge is 0.402 e. The molecule has 0 fully saturated rings. The Bertz CT molecular complexity index is 596. The zero-order valence-corrected chi connectivity index (χ0v) is 16.7. The van der Waals surface area contributed by atoms with E-state index in [1.165, 1.54) is 25.7 Å². The topological polar surface area (TPSA) is 40.5 Å². The van der Waals surface area contributed by atoms with E-state index in [1.807, 2.05) is 36.4 Å². The molecule has 0 heterocycles. The van der Waals surface area contributed by atoms with Crippen LogP contribution in [-0.2, 0) is 12.8 Å². The van der Waals surface area contributed by atoms with Gasteiger partial charge in [0.15, 0.2) is 0 Å². The molecule has 2 aromatic rings. The quantitative estimate of drug-likeness (QED) is 0.503. The van der Waals surface area contributed by atoms with Crippen LogP contribution in [0.5, 0.6) is 0 Å². The molecular formula is C22H32O2Si. The lowest BCUT2D eigenvalue weighted by Crippen LogP contribution is -2.61. The van der Waals surface area contributed by atoms with Crippen molar-refractivity contribution in [2.45, 2.75) is 65.2 Å². The summed E-state index contributed by atoms with van der Waals surface area (Å²) in [5.41, 5.74) is 2.19. The number of hydrogen-bond donors (Lipinski definition) is 2. The minimum atomic E-state index is -3.67. The first-order valence-electron chi connectivity index (χ1n) is 9.72. The lowest BCUT2D eigenvalue weighted by atomic mass is 10.1. The van der Waals surface area contributed by atoms with E-state index in [4.69, 9.17) is 0 Å². The largest absolute Gasteiger partial charge is 0.404 e.